The number of imidazole rings is 1. The van der Waals surface area contributed by atoms with Crippen molar-refractivity contribution < 1.29 is 12.8 Å². The fraction of sp³-hybridized carbons (Fsp3) is 0.478. The second kappa shape index (κ2) is 8.12. The van der Waals surface area contributed by atoms with Crippen molar-refractivity contribution in [3.8, 4) is 0 Å². The van der Waals surface area contributed by atoms with Crippen molar-refractivity contribution >= 4 is 21.2 Å². The van der Waals surface area contributed by atoms with Crippen LogP contribution < -0.4 is 5.69 Å². The third-order valence-corrected chi connectivity index (χ3v) is 7.77. The molecule has 3 heterocycles. The van der Waals surface area contributed by atoms with Crippen LogP contribution in [0.4, 0.5) is 4.39 Å². The summed E-state index contributed by atoms with van der Waals surface area (Å²) < 4.78 is 44.1. The minimum Gasteiger partial charge on any atom is -0.290 e. The van der Waals surface area contributed by atoms with Gasteiger partial charge in [0.15, 0.2) is 5.65 Å². The number of nitrogens with zero attached hydrogens (tertiary/aromatic N) is 4. The molecule has 1 aliphatic heterocycles. The Labute approximate surface area is 187 Å². The lowest BCUT2D eigenvalue weighted by molar-refractivity contribution is 0.313. The lowest BCUT2D eigenvalue weighted by Crippen LogP contribution is -2.39. The molecule has 1 aromatic carbocycles. The first-order valence-corrected chi connectivity index (χ1v) is 12.2. The Morgan fingerprint density at radius 2 is 1.81 bits per heavy atom. The average molecular weight is 461 g/mol. The van der Waals surface area contributed by atoms with E-state index in [4.69, 9.17) is 4.98 Å². The highest BCUT2D eigenvalue weighted by Gasteiger charge is 2.32. The van der Waals surface area contributed by atoms with Crippen LogP contribution in [0.15, 0.2) is 46.1 Å². The molecule has 4 rings (SSSR count). The van der Waals surface area contributed by atoms with Gasteiger partial charge in [-0.2, -0.15) is 4.31 Å². The van der Waals surface area contributed by atoms with Crippen LogP contribution in [-0.4, -0.2) is 39.9 Å². The molecule has 2 aromatic heterocycles. The summed E-state index contributed by atoms with van der Waals surface area (Å²) in [6, 6.07) is 8.73. The lowest BCUT2D eigenvalue weighted by Gasteiger charge is -2.31. The van der Waals surface area contributed by atoms with Gasteiger partial charge in [0.05, 0.1) is 10.4 Å². The summed E-state index contributed by atoms with van der Waals surface area (Å²) in [6.07, 6.45) is 1.51. The van der Waals surface area contributed by atoms with Crippen LogP contribution in [0.25, 0.3) is 11.2 Å². The molecule has 1 atom stereocenters. The zero-order chi connectivity index (χ0) is 23.3. The topological polar surface area (TPSA) is 77.2 Å². The Morgan fingerprint density at radius 3 is 2.47 bits per heavy atom. The van der Waals surface area contributed by atoms with Crippen LogP contribution in [-0.2, 0) is 23.6 Å². The van der Waals surface area contributed by atoms with E-state index in [9.17, 15) is 17.6 Å². The van der Waals surface area contributed by atoms with Crippen LogP contribution in [0.1, 0.15) is 45.2 Å². The highest BCUT2D eigenvalue weighted by Crippen LogP contribution is 2.30. The first-order chi connectivity index (χ1) is 15.0. The smallest absolute Gasteiger partial charge is 0.290 e. The molecule has 32 heavy (non-hydrogen) atoms. The fourth-order valence-corrected chi connectivity index (χ4v) is 5.82. The van der Waals surface area contributed by atoms with Gasteiger partial charge >= 0.3 is 5.69 Å². The van der Waals surface area contributed by atoms with E-state index in [0.29, 0.717) is 31.7 Å². The SMILES string of the molecule is Cn1c(=O)n(CC(C)(C)C)c2ccc(C3CCCN(S(=O)(=O)c4ccc(F)cc4)C3)nc21. The quantitative estimate of drug-likeness (QED) is 0.597. The van der Waals surface area contributed by atoms with E-state index < -0.39 is 15.8 Å². The summed E-state index contributed by atoms with van der Waals surface area (Å²) in [6.45, 7) is 7.54. The van der Waals surface area contributed by atoms with E-state index in [2.05, 4.69) is 20.8 Å². The number of halogens is 1. The summed E-state index contributed by atoms with van der Waals surface area (Å²) in [5.74, 6) is -0.550. The molecule has 3 aromatic rings. The number of piperidine rings is 1. The maximum Gasteiger partial charge on any atom is 0.330 e. The van der Waals surface area contributed by atoms with E-state index in [0.717, 1.165) is 29.8 Å². The summed E-state index contributed by atoms with van der Waals surface area (Å²) >= 11 is 0. The number of rotatable bonds is 4. The molecular weight excluding hydrogens is 431 g/mol. The second-order valence-corrected chi connectivity index (χ2v) is 11.7. The van der Waals surface area contributed by atoms with Crippen molar-refractivity contribution in [2.45, 2.75) is 51.0 Å². The van der Waals surface area contributed by atoms with Crippen LogP contribution in [0, 0.1) is 11.2 Å². The Bertz CT molecular complexity index is 1300. The molecule has 172 valence electrons. The van der Waals surface area contributed by atoms with E-state index in [1.807, 2.05) is 12.1 Å². The number of hydrogen-bond donors (Lipinski definition) is 0. The van der Waals surface area contributed by atoms with E-state index in [1.165, 1.54) is 16.4 Å². The van der Waals surface area contributed by atoms with E-state index >= 15 is 0 Å². The standard InChI is InChI=1S/C23H29FN4O3S/c1-23(2,3)15-28-20-12-11-19(25-21(20)26(4)22(28)29)16-6-5-13-27(14-16)32(30,31)18-9-7-17(24)8-10-18/h7-12,16H,5-6,13-15H2,1-4H3. The van der Waals surface area contributed by atoms with Gasteiger partial charge in [-0.1, -0.05) is 20.8 Å². The lowest BCUT2D eigenvalue weighted by atomic mass is 9.95. The molecule has 1 fully saturated rings. The molecular formula is C23H29FN4O3S. The Kier molecular flexibility index (Phi) is 5.75. The predicted molar refractivity (Wildman–Crippen MR) is 122 cm³/mol. The molecule has 0 aliphatic carbocycles. The number of aromatic nitrogens is 3. The summed E-state index contributed by atoms with van der Waals surface area (Å²) in [7, 11) is -2.00. The molecule has 0 N–H and O–H groups in total. The molecule has 1 aliphatic rings. The van der Waals surface area contributed by atoms with E-state index in [1.54, 1.807) is 16.2 Å². The molecule has 1 saturated heterocycles. The van der Waals surface area contributed by atoms with E-state index in [-0.39, 0.29) is 21.9 Å². The van der Waals surface area contributed by atoms with Crippen molar-refractivity contribution in [1.29, 1.82) is 0 Å². The maximum absolute atomic E-state index is 13.2. The molecule has 9 heteroatoms. The molecule has 0 amide bonds. The van der Waals surface area contributed by atoms with Crippen molar-refractivity contribution in [2.75, 3.05) is 13.1 Å². The van der Waals surface area contributed by atoms with Gasteiger partial charge in [-0.15, -0.1) is 0 Å². The Hall–Kier alpha value is -2.52. The van der Waals surface area contributed by atoms with Gasteiger partial charge < -0.3 is 0 Å². The minimum atomic E-state index is -3.71. The normalized spacial score (nSPS) is 18.3. The van der Waals surface area contributed by atoms with Gasteiger partial charge in [0.25, 0.3) is 0 Å². The summed E-state index contributed by atoms with van der Waals surface area (Å²) in [5.41, 5.74) is 2.00. The zero-order valence-electron chi connectivity index (χ0n) is 18.9. The highest BCUT2D eigenvalue weighted by molar-refractivity contribution is 7.89. The summed E-state index contributed by atoms with van der Waals surface area (Å²) in [4.78, 5) is 17.7. The predicted octanol–water partition coefficient (Wildman–Crippen LogP) is 3.49. The Balaban J connectivity index is 1.65. The number of hydrogen-bond acceptors (Lipinski definition) is 4. The van der Waals surface area contributed by atoms with Gasteiger partial charge in [0, 0.05) is 38.3 Å². The number of pyridine rings is 1. The summed E-state index contributed by atoms with van der Waals surface area (Å²) in [5, 5.41) is 0. The highest BCUT2D eigenvalue weighted by atomic mass is 32.2. The fourth-order valence-electron chi connectivity index (χ4n) is 4.30. The largest absolute Gasteiger partial charge is 0.330 e. The van der Waals surface area contributed by atoms with Crippen molar-refractivity contribution in [3.63, 3.8) is 0 Å². The van der Waals surface area contributed by atoms with Crippen LogP contribution in [0.5, 0.6) is 0 Å². The van der Waals surface area contributed by atoms with Crippen molar-refractivity contribution in [3.05, 3.63) is 58.4 Å². The second-order valence-electron chi connectivity index (χ2n) is 9.72. The van der Waals surface area contributed by atoms with Gasteiger partial charge in [0.2, 0.25) is 10.0 Å². The van der Waals surface area contributed by atoms with Gasteiger partial charge in [-0.3, -0.25) is 9.13 Å². The first kappa shape index (κ1) is 22.7. The van der Waals surface area contributed by atoms with Crippen molar-refractivity contribution in [1.82, 2.24) is 18.4 Å². The van der Waals surface area contributed by atoms with Crippen molar-refractivity contribution in [2.24, 2.45) is 12.5 Å². The molecule has 0 saturated carbocycles. The zero-order valence-corrected chi connectivity index (χ0v) is 19.7. The number of benzene rings is 1. The monoisotopic (exact) mass is 460 g/mol. The molecule has 0 bridgehead atoms. The molecule has 0 spiro atoms. The van der Waals surface area contributed by atoms with Gasteiger partial charge in [-0.05, 0) is 54.7 Å². The van der Waals surface area contributed by atoms with Crippen LogP contribution in [0.2, 0.25) is 0 Å². The maximum atomic E-state index is 13.2. The Morgan fingerprint density at radius 1 is 1.12 bits per heavy atom. The van der Waals surface area contributed by atoms with Gasteiger partial charge in [-0.25, -0.2) is 22.6 Å². The number of fused-ring (bicyclic) bond motifs is 1. The van der Waals surface area contributed by atoms with Gasteiger partial charge in [0.1, 0.15) is 5.82 Å². The number of sulfonamides is 1. The molecule has 7 nitrogen and oxygen atoms in total. The molecule has 0 radical (unpaired) electrons. The first-order valence-electron chi connectivity index (χ1n) is 10.8. The minimum absolute atomic E-state index is 0.0602. The molecule has 1 unspecified atom stereocenters. The number of aryl methyl sites for hydroxylation is 1. The third-order valence-electron chi connectivity index (χ3n) is 5.89. The third kappa shape index (κ3) is 4.23. The average Bonchev–Trinajstić information content (AvgIpc) is 2.97. The van der Waals surface area contributed by atoms with Crippen LogP contribution >= 0.6 is 0 Å². The van der Waals surface area contributed by atoms with Crippen LogP contribution in [0.3, 0.4) is 0 Å².